The fourth-order valence-corrected chi connectivity index (χ4v) is 6.08. The lowest BCUT2D eigenvalue weighted by atomic mass is 10.1. The predicted octanol–water partition coefficient (Wildman–Crippen LogP) is 11.9. The second-order valence-electron chi connectivity index (χ2n) is 16.9. The van der Waals surface area contributed by atoms with Crippen LogP contribution >= 0.6 is 0 Å². The van der Waals surface area contributed by atoms with Crippen LogP contribution in [0, 0.1) is 54.3 Å². The van der Waals surface area contributed by atoms with Crippen LogP contribution in [0.1, 0.15) is 97.4 Å². The molecule has 6 heterocycles. The van der Waals surface area contributed by atoms with Crippen LogP contribution in [0.15, 0.2) is 108 Å². The molecule has 0 radical (unpaired) electrons. The van der Waals surface area contributed by atoms with Crippen LogP contribution in [0.2, 0.25) is 0 Å². The van der Waals surface area contributed by atoms with Gasteiger partial charge < -0.3 is 19.1 Å². The Kier molecular flexibility index (Phi) is 26.6. The van der Waals surface area contributed by atoms with Gasteiger partial charge in [-0.15, -0.1) is 0 Å². The number of hydrogen-bond donors (Lipinski definition) is 4. The third-order valence-corrected chi connectivity index (χ3v) is 10.4. The third kappa shape index (κ3) is 24.2. The smallest absolute Gasteiger partial charge is 0.329 e. The first-order valence-corrected chi connectivity index (χ1v) is 22.5. The second kappa shape index (κ2) is 30.5. The Morgan fingerprint density at radius 1 is 0.398 bits per heavy atom. The molecule has 0 aliphatic rings. The average molecular weight is 1220 g/mol. The largest absolute Gasteiger partial charge is 0.418 e. The molecule has 83 heavy (non-hydrogen) atoms. The molecule has 0 atom stereocenters. The zero-order chi connectivity index (χ0) is 64.4. The molecule has 0 aliphatic carbocycles. The van der Waals surface area contributed by atoms with Crippen molar-refractivity contribution in [3.05, 3.63) is 225 Å². The van der Waals surface area contributed by atoms with E-state index in [1.807, 2.05) is 5.10 Å². The molecule has 14 nitrogen and oxygen atoms in total. The molecule has 6 aromatic heterocycles. The summed E-state index contributed by atoms with van der Waals surface area (Å²) in [4.78, 5) is 68.3. The normalized spacial score (nSPS) is 11.3. The molecule has 0 spiro atoms. The number of aromatic nitrogens is 8. The maximum atomic E-state index is 12.4. The molecular weight excluding hydrogens is 1170 g/mol. The van der Waals surface area contributed by atoms with Gasteiger partial charge in [0.15, 0.2) is 0 Å². The van der Waals surface area contributed by atoms with Crippen molar-refractivity contribution in [1.82, 2.24) is 39.5 Å². The molecule has 4 N–H and O–H groups in total. The number of hydrogen-bond acceptors (Lipinski definition) is 8. The van der Waals surface area contributed by atoms with Gasteiger partial charge in [0.05, 0.1) is 33.6 Å². The van der Waals surface area contributed by atoms with Gasteiger partial charge in [-0.1, -0.05) is 6.07 Å². The Hall–Kier alpha value is -8.55. The number of rotatable bonds is 3. The van der Waals surface area contributed by atoms with Crippen molar-refractivity contribution in [3.63, 3.8) is 0 Å². The highest BCUT2D eigenvalue weighted by Crippen LogP contribution is 2.33. The fraction of sp³-hybridized carbons (Fsp3) is 0.320. The van der Waals surface area contributed by atoms with Crippen LogP contribution in [0.4, 0.5) is 83.4 Å². The predicted molar refractivity (Wildman–Crippen MR) is 262 cm³/mol. The van der Waals surface area contributed by atoms with Gasteiger partial charge in [-0.2, -0.15) is 62.9 Å². The van der Waals surface area contributed by atoms with Gasteiger partial charge in [0, 0.05) is 92.0 Å². The maximum Gasteiger partial charge on any atom is 0.418 e. The summed E-state index contributed by atoms with van der Waals surface area (Å²) in [6.45, 7) is 9.58. The average Bonchev–Trinajstić information content (AvgIpc) is 3.36. The van der Waals surface area contributed by atoms with Gasteiger partial charge in [0.2, 0.25) is 11.1 Å². The minimum Gasteiger partial charge on any atom is -0.329 e. The summed E-state index contributed by atoms with van der Waals surface area (Å²) >= 11 is 0. The monoisotopic (exact) mass is 1220 g/mol. The third-order valence-electron chi connectivity index (χ3n) is 10.4. The van der Waals surface area contributed by atoms with Crippen LogP contribution < -0.4 is 33.4 Å². The van der Waals surface area contributed by atoms with Gasteiger partial charge in [-0.25, -0.2) is 40.9 Å². The first-order chi connectivity index (χ1) is 37.8. The number of benzene rings is 1. The van der Waals surface area contributed by atoms with Crippen LogP contribution in [0.25, 0.3) is 0 Å². The summed E-state index contributed by atoms with van der Waals surface area (Å²) in [5, 5.41) is 10.5. The number of aryl methyl sites for hydroxylation is 9. The number of pyridine rings is 4. The Bertz CT molecular complexity index is 3500. The van der Waals surface area contributed by atoms with Crippen molar-refractivity contribution < 1.29 is 83.4 Å². The van der Waals surface area contributed by atoms with Gasteiger partial charge in [-0.05, 0) is 88.4 Å². The number of aromatic amines is 4. The number of alkyl halides is 18. The molecule has 0 amide bonds. The first-order valence-electron chi connectivity index (χ1n) is 22.5. The van der Waals surface area contributed by atoms with Crippen molar-refractivity contribution in [2.24, 2.45) is 14.1 Å². The van der Waals surface area contributed by atoms with Crippen molar-refractivity contribution in [2.75, 3.05) is 0 Å². The van der Waals surface area contributed by atoms with E-state index in [4.69, 9.17) is 0 Å². The quantitative estimate of drug-likeness (QED) is 0.125. The van der Waals surface area contributed by atoms with Crippen LogP contribution in [-0.2, 0) is 38.8 Å². The Labute approximate surface area is 454 Å². The molecule has 0 saturated carbocycles. The highest BCUT2D eigenvalue weighted by molar-refractivity contribution is 5.30. The molecule has 1 aromatic carbocycles. The highest BCUT2D eigenvalue weighted by Gasteiger charge is 2.35. The summed E-state index contributed by atoms with van der Waals surface area (Å²) in [5.41, 5.74) is -7.25. The Balaban J connectivity index is 0.000000484. The molecule has 0 unspecified atom stereocenters. The topological polar surface area (TPSA) is 201 Å². The summed E-state index contributed by atoms with van der Waals surface area (Å²) < 4.78 is 232. The molecular formula is C50H47F19N8O6. The van der Waals surface area contributed by atoms with Gasteiger partial charge >= 0.3 is 24.7 Å². The maximum absolute atomic E-state index is 12.4. The molecule has 0 saturated heterocycles. The SMILES string of the molecule is Cc1c[nH]c(=O)cc1C(F)(F)F.Cc1c[nH]c(=O)cc1C(F)F.Cc1ccc(F)cc1C(F)(F)F.Cc1cn(C)c(=O)cc1C(F)(F)F.Cc1cn(C)c(=O)cc1C(F)F.Cc1n[nH]c(=O)cc1C(F)(F)F.Cc1n[nH]c(=O)cc1C(F)F. The fourth-order valence-electron chi connectivity index (χ4n) is 6.08. The van der Waals surface area contributed by atoms with Crippen LogP contribution in [-0.4, -0.2) is 39.5 Å². The second-order valence-corrected chi connectivity index (χ2v) is 16.9. The van der Waals surface area contributed by atoms with Crippen molar-refractivity contribution in [3.8, 4) is 0 Å². The summed E-state index contributed by atoms with van der Waals surface area (Å²) in [5.74, 6) is -0.868. The summed E-state index contributed by atoms with van der Waals surface area (Å²) in [7, 11) is 2.94. The lowest BCUT2D eigenvalue weighted by molar-refractivity contribution is -0.139. The molecule has 7 aromatic rings. The molecule has 33 heteroatoms. The zero-order valence-electron chi connectivity index (χ0n) is 44.2. The van der Waals surface area contributed by atoms with Crippen molar-refractivity contribution >= 4 is 0 Å². The molecule has 456 valence electrons. The van der Waals surface area contributed by atoms with E-state index in [1.165, 1.54) is 78.8 Å². The molecule has 7 rings (SSSR count). The molecule has 0 aliphatic heterocycles. The minimum atomic E-state index is -4.51. The molecule has 0 fully saturated rings. The van der Waals surface area contributed by atoms with Gasteiger partial charge in [0.1, 0.15) is 5.82 Å². The van der Waals surface area contributed by atoms with Gasteiger partial charge in [-0.3, -0.25) is 28.8 Å². The number of H-pyrrole nitrogens is 4. The van der Waals surface area contributed by atoms with E-state index in [9.17, 15) is 112 Å². The Morgan fingerprint density at radius 2 is 0.759 bits per heavy atom. The van der Waals surface area contributed by atoms with Gasteiger partial charge in [0.25, 0.3) is 41.5 Å². The van der Waals surface area contributed by atoms with E-state index >= 15 is 0 Å². The summed E-state index contributed by atoms with van der Waals surface area (Å²) in [6, 6.07) is 7.00. The van der Waals surface area contributed by atoms with E-state index < -0.39 is 105 Å². The Morgan fingerprint density at radius 3 is 1.17 bits per heavy atom. The summed E-state index contributed by atoms with van der Waals surface area (Å²) in [6.07, 6.45) is -20.7. The van der Waals surface area contributed by atoms with E-state index in [-0.39, 0.29) is 44.8 Å². The lowest BCUT2D eigenvalue weighted by Gasteiger charge is -2.10. The highest BCUT2D eigenvalue weighted by atomic mass is 19.4. The van der Waals surface area contributed by atoms with E-state index in [1.54, 1.807) is 6.92 Å². The van der Waals surface area contributed by atoms with E-state index in [2.05, 4.69) is 25.3 Å². The minimum absolute atomic E-state index is 0.0158. The van der Waals surface area contributed by atoms with Crippen molar-refractivity contribution in [1.29, 1.82) is 0 Å². The van der Waals surface area contributed by atoms with Crippen LogP contribution in [0.3, 0.4) is 0 Å². The molecule has 0 bridgehead atoms. The number of halogens is 19. The van der Waals surface area contributed by atoms with E-state index in [0.717, 1.165) is 41.1 Å². The van der Waals surface area contributed by atoms with Crippen LogP contribution in [0.5, 0.6) is 0 Å². The van der Waals surface area contributed by atoms with E-state index in [0.29, 0.717) is 35.4 Å². The lowest BCUT2D eigenvalue weighted by Crippen LogP contribution is -2.20. The standard InChI is InChI=1S/C8H6F4.C8H8F3NO.C8H9F2NO.C7H6F3NO.C7H7F2NO.C6H5F3N2O.C6H6F2N2O/c1-5-2-3-6(9)4-7(5)8(10,11)12;1-5-4-12(2)7(13)3-6(5)8(9,10)11;1-5-4-11(2)7(12)3-6(5)8(9)10;1-4-3-11-6(12)2-5(4)7(8,9)10;1-4-3-10-6(11)2-5(4)7(8)9;1-3-4(6(7,8)9)2-5(12)11-10-3;1-3-4(6(7)8)2-5(11)10-9-3/h2-4H,1H3;3-4H,1-2H3;3-4,8H,1-2H3;2-3H,1H3,(H,11,12);2-3,7H,1H3,(H,10,11);2H,1H3,(H,11,12);2,6H,1H3,(H,10,11). The number of nitrogens with zero attached hydrogens (tertiary/aromatic N) is 4. The number of nitrogens with one attached hydrogen (secondary N) is 4. The first kappa shape index (κ1) is 72.5. The zero-order valence-corrected chi connectivity index (χ0v) is 44.2. The van der Waals surface area contributed by atoms with Crippen molar-refractivity contribution in [2.45, 2.75) is 92.4 Å².